The fourth-order valence-corrected chi connectivity index (χ4v) is 3.94. The summed E-state index contributed by atoms with van der Waals surface area (Å²) in [4.78, 5) is 25.3. The summed E-state index contributed by atoms with van der Waals surface area (Å²) in [5, 5.41) is 4.93. The molecular weight excluding hydrogens is 388 g/mol. The highest BCUT2D eigenvalue weighted by molar-refractivity contribution is 7.99. The number of carbonyl (C=O) groups excluding carboxylic acids is 1. The predicted molar refractivity (Wildman–Crippen MR) is 112 cm³/mol. The van der Waals surface area contributed by atoms with E-state index < -0.39 is 0 Å². The van der Waals surface area contributed by atoms with Gasteiger partial charge in [-0.3, -0.25) is 4.79 Å². The number of anilines is 1. The van der Waals surface area contributed by atoms with Gasteiger partial charge in [-0.15, -0.1) is 0 Å². The zero-order chi connectivity index (χ0) is 20.1. The van der Waals surface area contributed by atoms with Gasteiger partial charge >= 0.3 is 0 Å². The van der Waals surface area contributed by atoms with Gasteiger partial charge in [-0.05, 0) is 30.3 Å². The van der Waals surface area contributed by atoms with Crippen LogP contribution in [0.1, 0.15) is 0 Å². The molecule has 0 atom stereocenters. The van der Waals surface area contributed by atoms with E-state index in [0.717, 1.165) is 29.6 Å². The molecule has 0 unspecified atom stereocenters. The monoisotopic (exact) mass is 410 g/mol. The fourth-order valence-electron chi connectivity index (χ4n) is 3.17. The van der Waals surface area contributed by atoms with E-state index in [-0.39, 0.29) is 5.91 Å². The standard InChI is InChI=1S/C20H22N6O2S/c1-28-17-5-3-16(4-6-17)24-9-11-25(12-10-24)20(27)14-29-19-13-18(21-15-22-19)26-8-2-7-23-26/h2-8,13,15H,9-12,14H2,1H3. The van der Waals surface area contributed by atoms with Gasteiger partial charge in [0.05, 0.1) is 12.9 Å². The van der Waals surface area contributed by atoms with E-state index in [2.05, 4.69) is 32.1 Å². The van der Waals surface area contributed by atoms with Crippen molar-refractivity contribution < 1.29 is 9.53 Å². The van der Waals surface area contributed by atoms with Crippen LogP contribution in [0.3, 0.4) is 0 Å². The van der Waals surface area contributed by atoms with Crippen LogP contribution in [-0.2, 0) is 4.79 Å². The molecule has 0 radical (unpaired) electrons. The molecule has 1 aromatic carbocycles. The summed E-state index contributed by atoms with van der Waals surface area (Å²) in [6, 6.07) is 11.7. The largest absolute Gasteiger partial charge is 0.497 e. The first-order chi connectivity index (χ1) is 14.2. The van der Waals surface area contributed by atoms with Crippen molar-refractivity contribution in [2.24, 2.45) is 0 Å². The molecule has 150 valence electrons. The van der Waals surface area contributed by atoms with Crippen LogP contribution in [-0.4, -0.2) is 69.6 Å². The van der Waals surface area contributed by atoms with E-state index >= 15 is 0 Å². The Labute approximate surface area is 173 Å². The fraction of sp³-hybridized carbons (Fsp3) is 0.300. The molecule has 29 heavy (non-hydrogen) atoms. The van der Waals surface area contributed by atoms with Gasteiger partial charge in [0.15, 0.2) is 5.82 Å². The number of carbonyl (C=O) groups is 1. The minimum atomic E-state index is 0.128. The number of benzene rings is 1. The van der Waals surface area contributed by atoms with Crippen molar-refractivity contribution in [2.75, 3.05) is 43.9 Å². The Bertz CT molecular complexity index is 940. The van der Waals surface area contributed by atoms with Gasteiger partial charge in [-0.25, -0.2) is 14.6 Å². The van der Waals surface area contributed by atoms with Crippen LogP contribution in [0.4, 0.5) is 5.69 Å². The molecule has 0 N–H and O–H groups in total. The molecule has 0 bridgehead atoms. The topological polar surface area (TPSA) is 76.4 Å². The van der Waals surface area contributed by atoms with Gasteiger partial charge in [-0.1, -0.05) is 11.8 Å². The number of nitrogens with zero attached hydrogens (tertiary/aromatic N) is 6. The van der Waals surface area contributed by atoms with E-state index in [1.165, 1.54) is 18.1 Å². The second-order valence-corrected chi connectivity index (χ2v) is 7.52. The number of piperazine rings is 1. The molecule has 1 aliphatic heterocycles. The summed E-state index contributed by atoms with van der Waals surface area (Å²) in [5.74, 6) is 2.02. The maximum Gasteiger partial charge on any atom is 0.233 e. The van der Waals surface area contributed by atoms with Crippen molar-refractivity contribution in [1.29, 1.82) is 0 Å². The molecule has 4 rings (SSSR count). The van der Waals surface area contributed by atoms with Crippen molar-refractivity contribution in [3.8, 4) is 11.6 Å². The van der Waals surface area contributed by atoms with Crippen LogP contribution in [0, 0.1) is 0 Å². The van der Waals surface area contributed by atoms with Crippen LogP contribution >= 0.6 is 11.8 Å². The first-order valence-electron chi connectivity index (χ1n) is 9.34. The Morgan fingerprint density at radius 3 is 2.62 bits per heavy atom. The summed E-state index contributed by atoms with van der Waals surface area (Å²) in [5.41, 5.74) is 1.15. The van der Waals surface area contributed by atoms with Gasteiger partial charge in [0, 0.05) is 50.3 Å². The first-order valence-corrected chi connectivity index (χ1v) is 10.3. The van der Waals surface area contributed by atoms with Crippen molar-refractivity contribution in [3.05, 3.63) is 55.1 Å². The van der Waals surface area contributed by atoms with Crippen molar-refractivity contribution in [1.82, 2.24) is 24.6 Å². The molecule has 1 amide bonds. The Morgan fingerprint density at radius 1 is 1.14 bits per heavy atom. The Kier molecular flexibility index (Phi) is 5.95. The lowest BCUT2D eigenvalue weighted by molar-refractivity contribution is -0.128. The maximum atomic E-state index is 12.6. The summed E-state index contributed by atoms with van der Waals surface area (Å²) >= 11 is 1.42. The lowest BCUT2D eigenvalue weighted by Crippen LogP contribution is -2.49. The lowest BCUT2D eigenvalue weighted by Gasteiger charge is -2.36. The average molecular weight is 411 g/mol. The zero-order valence-corrected chi connectivity index (χ0v) is 17.0. The lowest BCUT2D eigenvalue weighted by atomic mass is 10.2. The number of hydrogen-bond donors (Lipinski definition) is 0. The average Bonchev–Trinajstić information content (AvgIpc) is 3.33. The maximum absolute atomic E-state index is 12.6. The summed E-state index contributed by atoms with van der Waals surface area (Å²) in [7, 11) is 1.66. The molecular formula is C20H22N6O2S. The molecule has 9 heteroatoms. The molecule has 0 saturated carbocycles. The van der Waals surface area contributed by atoms with Gasteiger partial charge in [0.1, 0.15) is 17.1 Å². The Hall–Kier alpha value is -3.07. The number of thioether (sulfide) groups is 1. The first kappa shape index (κ1) is 19.3. The summed E-state index contributed by atoms with van der Waals surface area (Å²) in [6.45, 7) is 3.07. The molecule has 3 heterocycles. The number of rotatable bonds is 6. The SMILES string of the molecule is COc1ccc(N2CCN(C(=O)CSc3cc(-n4cccn4)ncn3)CC2)cc1. The van der Waals surface area contributed by atoms with Crippen molar-refractivity contribution in [3.63, 3.8) is 0 Å². The van der Waals surface area contributed by atoms with E-state index in [9.17, 15) is 4.79 Å². The van der Waals surface area contributed by atoms with Gasteiger partial charge in [0.25, 0.3) is 0 Å². The number of amides is 1. The van der Waals surface area contributed by atoms with Gasteiger partial charge < -0.3 is 14.5 Å². The predicted octanol–water partition coefficient (Wildman–Crippen LogP) is 2.11. The number of methoxy groups -OCH3 is 1. The number of aromatic nitrogens is 4. The minimum absolute atomic E-state index is 0.128. The third kappa shape index (κ3) is 4.68. The third-order valence-corrected chi connectivity index (χ3v) is 5.69. The van der Waals surface area contributed by atoms with Crippen LogP contribution in [0.5, 0.6) is 5.75 Å². The smallest absolute Gasteiger partial charge is 0.233 e. The van der Waals surface area contributed by atoms with Crippen LogP contribution < -0.4 is 9.64 Å². The van der Waals surface area contributed by atoms with E-state index in [1.54, 1.807) is 18.0 Å². The molecule has 8 nitrogen and oxygen atoms in total. The normalized spacial score (nSPS) is 14.1. The minimum Gasteiger partial charge on any atom is -0.497 e. The van der Waals surface area contributed by atoms with Crippen LogP contribution in [0.15, 0.2) is 60.1 Å². The zero-order valence-electron chi connectivity index (χ0n) is 16.1. The van der Waals surface area contributed by atoms with E-state index in [4.69, 9.17) is 4.74 Å². The molecule has 1 saturated heterocycles. The van der Waals surface area contributed by atoms with Gasteiger partial charge in [0.2, 0.25) is 5.91 Å². The van der Waals surface area contributed by atoms with Crippen molar-refractivity contribution in [2.45, 2.75) is 5.03 Å². The Balaban J connectivity index is 1.28. The summed E-state index contributed by atoms with van der Waals surface area (Å²) < 4.78 is 6.88. The Morgan fingerprint density at radius 2 is 1.93 bits per heavy atom. The number of ether oxygens (including phenoxy) is 1. The molecule has 0 aliphatic carbocycles. The van der Waals surface area contributed by atoms with Crippen molar-refractivity contribution >= 4 is 23.4 Å². The number of hydrogen-bond acceptors (Lipinski definition) is 7. The van der Waals surface area contributed by atoms with E-state index in [0.29, 0.717) is 24.7 Å². The second-order valence-electron chi connectivity index (χ2n) is 6.52. The molecule has 0 spiro atoms. The molecule has 1 fully saturated rings. The highest BCUT2D eigenvalue weighted by Crippen LogP contribution is 2.21. The molecule has 3 aromatic rings. The summed E-state index contributed by atoms with van der Waals surface area (Å²) in [6.07, 6.45) is 5.02. The highest BCUT2D eigenvalue weighted by atomic mass is 32.2. The highest BCUT2D eigenvalue weighted by Gasteiger charge is 2.21. The second kappa shape index (κ2) is 8.95. The quantitative estimate of drug-likeness (QED) is 0.455. The van der Waals surface area contributed by atoms with E-state index in [1.807, 2.05) is 35.4 Å². The molecule has 1 aliphatic rings. The van der Waals surface area contributed by atoms with Gasteiger partial charge in [-0.2, -0.15) is 5.10 Å². The third-order valence-electron chi connectivity index (χ3n) is 4.78. The molecule has 2 aromatic heterocycles. The van der Waals surface area contributed by atoms with Crippen LogP contribution in [0.2, 0.25) is 0 Å². The van der Waals surface area contributed by atoms with Crippen LogP contribution in [0.25, 0.3) is 5.82 Å².